The molecule has 106 valence electrons. The van der Waals surface area contributed by atoms with Crippen LogP contribution < -0.4 is 5.73 Å². The zero-order valence-electron chi connectivity index (χ0n) is 10.9. The van der Waals surface area contributed by atoms with Gasteiger partial charge in [0.15, 0.2) is 0 Å². The van der Waals surface area contributed by atoms with E-state index in [1.54, 1.807) is 6.07 Å². The van der Waals surface area contributed by atoms with Crippen LogP contribution in [0.15, 0.2) is 54.6 Å². The first-order valence-electron chi connectivity index (χ1n) is 5.65. The minimum atomic E-state index is -3.67. The average molecular weight is 293 g/mol. The van der Waals surface area contributed by atoms with E-state index in [0.717, 1.165) is 11.1 Å². The number of hydrogen-bond acceptors (Lipinski definition) is 3. The number of carbonyl (C=O) groups excluding carboxylic acids is 1. The summed E-state index contributed by atoms with van der Waals surface area (Å²) in [5, 5.41) is 0. The summed E-state index contributed by atoms with van der Waals surface area (Å²) >= 11 is 0. The number of amides is 1. The first-order valence-corrected chi connectivity index (χ1v) is 7.50. The highest BCUT2D eigenvalue weighted by molar-refractivity contribution is 7.85. The Morgan fingerprint density at radius 2 is 1.45 bits per heavy atom. The Labute approximate surface area is 117 Å². The highest BCUT2D eigenvalue weighted by Crippen LogP contribution is 2.22. The topological polar surface area (TPSA) is 97.5 Å². The largest absolute Gasteiger partial charge is 0.366 e. The van der Waals surface area contributed by atoms with Gasteiger partial charge in [-0.05, 0) is 17.2 Å². The Balaban J connectivity index is 0.000000347. The Morgan fingerprint density at radius 1 is 1.00 bits per heavy atom. The van der Waals surface area contributed by atoms with Crippen molar-refractivity contribution in [2.75, 3.05) is 6.26 Å². The van der Waals surface area contributed by atoms with E-state index in [1.807, 2.05) is 48.5 Å². The lowest BCUT2D eigenvalue weighted by molar-refractivity contribution is 0.100. The standard InChI is InChI=1S/C13H11NO.CH4O3S/c14-13(15)12-9-5-4-8-11(12)10-6-2-1-3-7-10;1-5(2,3)4/h1-9H,(H2,14,15);1H3,(H,2,3,4). The molecule has 3 N–H and O–H groups in total. The van der Waals surface area contributed by atoms with Gasteiger partial charge in [0.1, 0.15) is 0 Å². The van der Waals surface area contributed by atoms with E-state index in [4.69, 9.17) is 10.3 Å². The molecule has 0 aliphatic carbocycles. The highest BCUT2D eigenvalue weighted by Gasteiger charge is 2.07. The first kappa shape index (κ1) is 15.9. The summed E-state index contributed by atoms with van der Waals surface area (Å²) in [6.07, 6.45) is 0.715. The second-order valence-corrected chi connectivity index (χ2v) is 5.47. The van der Waals surface area contributed by atoms with Gasteiger partial charge in [-0.3, -0.25) is 9.35 Å². The lowest BCUT2D eigenvalue weighted by Gasteiger charge is -2.05. The predicted molar refractivity (Wildman–Crippen MR) is 77.9 cm³/mol. The van der Waals surface area contributed by atoms with Gasteiger partial charge in [-0.2, -0.15) is 8.42 Å². The molecule has 0 bridgehead atoms. The van der Waals surface area contributed by atoms with Crippen molar-refractivity contribution in [3.8, 4) is 11.1 Å². The third-order valence-electron chi connectivity index (χ3n) is 2.28. The molecule has 2 aromatic carbocycles. The van der Waals surface area contributed by atoms with Crippen LogP contribution in [0.4, 0.5) is 0 Å². The Bertz CT molecular complexity index is 673. The lowest BCUT2D eigenvalue weighted by atomic mass is 9.99. The fourth-order valence-corrected chi connectivity index (χ4v) is 1.57. The van der Waals surface area contributed by atoms with Crippen LogP contribution in [0.5, 0.6) is 0 Å². The maximum absolute atomic E-state index is 11.2. The van der Waals surface area contributed by atoms with E-state index in [1.165, 1.54) is 0 Å². The summed E-state index contributed by atoms with van der Waals surface area (Å²) in [7, 11) is -3.67. The van der Waals surface area contributed by atoms with Gasteiger partial charge < -0.3 is 5.73 Å². The summed E-state index contributed by atoms with van der Waals surface area (Å²) in [5.41, 5.74) is 7.76. The first-order chi connectivity index (χ1) is 9.29. The lowest BCUT2D eigenvalue weighted by Crippen LogP contribution is -2.12. The van der Waals surface area contributed by atoms with E-state index >= 15 is 0 Å². The SMILES string of the molecule is CS(=O)(=O)O.NC(=O)c1ccccc1-c1ccccc1. The fraction of sp³-hybridized carbons (Fsp3) is 0.0714. The van der Waals surface area contributed by atoms with E-state index in [-0.39, 0.29) is 0 Å². The molecular formula is C14H15NO4S. The van der Waals surface area contributed by atoms with Gasteiger partial charge in [0.2, 0.25) is 5.91 Å². The molecule has 0 aliphatic rings. The summed E-state index contributed by atoms with van der Waals surface area (Å²) in [4.78, 5) is 11.2. The number of carbonyl (C=O) groups is 1. The van der Waals surface area contributed by atoms with E-state index < -0.39 is 16.0 Å². The van der Waals surface area contributed by atoms with Crippen LogP contribution in [0, 0.1) is 0 Å². The minimum absolute atomic E-state index is 0.394. The van der Waals surface area contributed by atoms with Crippen molar-refractivity contribution in [2.45, 2.75) is 0 Å². The van der Waals surface area contributed by atoms with Gasteiger partial charge in [0.05, 0.1) is 6.26 Å². The Kier molecular flexibility index (Phi) is 5.42. The number of hydrogen-bond donors (Lipinski definition) is 2. The van der Waals surface area contributed by atoms with Crippen molar-refractivity contribution in [3.63, 3.8) is 0 Å². The third kappa shape index (κ3) is 5.64. The van der Waals surface area contributed by atoms with Crippen LogP contribution in [-0.2, 0) is 10.1 Å². The van der Waals surface area contributed by atoms with Crippen LogP contribution in [-0.4, -0.2) is 25.1 Å². The molecule has 1 amide bonds. The molecule has 0 spiro atoms. The second kappa shape index (κ2) is 6.83. The Morgan fingerprint density at radius 3 is 1.95 bits per heavy atom. The van der Waals surface area contributed by atoms with Gasteiger partial charge in [0.25, 0.3) is 10.1 Å². The molecule has 20 heavy (non-hydrogen) atoms. The van der Waals surface area contributed by atoms with Crippen LogP contribution in [0.2, 0.25) is 0 Å². The zero-order valence-corrected chi connectivity index (χ0v) is 11.7. The van der Waals surface area contributed by atoms with Crippen molar-refractivity contribution in [1.29, 1.82) is 0 Å². The molecule has 5 nitrogen and oxygen atoms in total. The number of primary amides is 1. The van der Waals surface area contributed by atoms with E-state index in [9.17, 15) is 13.2 Å². The summed E-state index contributed by atoms with van der Waals surface area (Å²) in [6.45, 7) is 0. The zero-order chi connectivity index (χ0) is 15.2. The molecule has 0 unspecified atom stereocenters. The highest BCUT2D eigenvalue weighted by atomic mass is 32.2. The van der Waals surface area contributed by atoms with Crippen LogP contribution >= 0.6 is 0 Å². The molecule has 0 atom stereocenters. The summed E-state index contributed by atoms with van der Waals surface area (Å²) in [5.74, 6) is -0.394. The van der Waals surface area contributed by atoms with Gasteiger partial charge in [-0.15, -0.1) is 0 Å². The van der Waals surface area contributed by atoms with Gasteiger partial charge in [0, 0.05) is 5.56 Å². The quantitative estimate of drug-likeness (QED) is 0.827. The molecule has 0 fully saturated rings. The van der Waals surface area contributed by atoms with Crippen LogP contribution in [0.25, 0.3) is 11.1 Å². The molecule has 2 aromatic rings. The summed E-state index contributed by atoms with van der Waals surface area (Å²) < 4.78 is 25.9. The molecule has 0 heterocycles. The van der Waals surface area contributed by atoms with Crippen LogP contribution in [0.1, 0.15) is 10.4 Å². The normalized spacial score (nSPS) is 10.3. The van der Waals surface area contributed by atoms with Crippen molar-refractivity contribution in [2.24, 2.45) is 5.73 Å². The van der Waals surface area contributed by atoms with Gasteiger partial charge in [-0.1, -0.05) is 48.5 Å². The Hall–Kier alpha value is -2.18. The third-order valence-corrected chi connectivity index (χ3v) is 2.28. The predicted octanol–water partition coefficient (Wildman–Crippen LogP) is 1.96. The van der Waals surface area contributed by atoms with Crippen LogP contribution in [0.3, 0.4) is 0 Å². The van der Waals surface area contributed by atoms with Gasteiger partial charge >= 0.3 is 0 Å². The molecule has 0 saturated carbocycles. The molecule has 2 rings (SSSR count). The molecule has 6 heteroatoms. The maximum Gasteiger partial charge on any atom is 0.261 e. The number of nitrogens with two attached hydrogens (primary N) is 1. The monoisotopic (exact) mass is 293 g/mol. The second-order valence-electron chi connectivity index (χ2n) is 4.01. The van der Waals surface area contributed by atoms with Crippen molar-refractivity contribution in [3.05, 3.63) is 60.2 Å². The van der Waals surface area contributed by atoms with E-state index in [2.05, 4.69) is 0 Å². The fourth-order valence-electron chi connectivity index (χ4n) is 1.57. The minimum Gasteiger partial charge on any atom is -0.366 e. The summed E-state index contributed by atoms with van der Waals surface area (Å²) in [6, 6.07) is 17.1. The molecule has 0 aromatic heterocycles. The maximum atomic E-state index is 11.2. The molecular weight excluding hydrogens is 278 g/mol. The number of rotatable bonds is 2. The van der Waals surface area contributed by atoms with Crippen molar-refractivity contribution in [1.82, 2.24) is 0 Å². The number of benzene rings is 2. The molecule has 0 aliphatic heterocycles. The van der Waals surface area contributed by atoms with Crippen molar-refractivity contribution >= 4 is 16.0 Å². The van der Waals surface area contributed by atoms with Gasteiger partial charge in [-0.25, -0.2) is 0 Å². The smallest absolute Gasteiger partial charge is 0.261 e. The molecule has 0 saturated heterocycles. The molecule has 0 radical (unpaired) electrons. The van der Waals surface area contributed by atoms with E-state index in [0.29, 0.717) is 11.8 Å². The average Bonchev–Trinajstić information content (AvgIpc) is 2.38. The van der Waals surface area contributed by atoms with Crippen molar-refractivity contribution < 1.29 is 17.8 Å².